The zero-order valence-electron chi connectivity index (χ0n) is 10.3. The van der Waals surface area contributed by atoms with Crippen molar-refractivity contribution in [3.8, 4) is 0 Å². The van der Waals surface area contributed by atoms with Crippen molar-refractivity contribution in [2.45, 2.75) is 13.0 Å². The van der Waals surface area contributed by atoms with E-state index < -0.39 is 0 Å². The highest BCUT2D eigenvalue weighted by atomic mass is 35.5. The number of rotatable bonds is 3. The van der Waals surface area contributed by atoms with E-state index in [-0.39, 0.29) is 6.04 Å². The van der Waals surface area contributed by atoms with Crippen LogP contribution in [-0.4, -0.2) is 9.97 Å². The molecule has 2 heterocycles. The number of nitrogens with one attached hydrogen (secondary N) is 1. The lowest BCUT2D eigenvalue weighted by Gasteiger charge is -2.10. The smallest absolute Gasteiger partial charge is 0.223 e. The zero-order valence-corrected chi connectivity index (χ0v) is 11.1. The van der Waals surface area contributed by atoms with Gasteiger partial charge in [-0.1, -0.05) is 11.6 Å². The lowest BCUT2D eigenvalue weighted by Crippen LogP contribution is -2.07. The van der Waals surface area contributed by atoms with Crippen LogP contribution in [0.4, 0.5) is 5.95 Å². The van der Waals surface area contributed by atoms with Gasteiger partial charge < -0.3 is 9.73 Å². The molecule has 3 aromatic rings. The van der Waals surface area contributed by atoms with Gasteiger partial charge in [-0.15, -0.1) is 0 Å². The second-order valence-electron chi connectivity index (χ2n) is 4.27. The zero-order chi connectivity index (χ0) is 13.2. The van der Waals surface area contributed by atoms with Crippen molar-refractivity contribution in [2.24, 2.45) is 0 Å². The molecule has 1 atom stereocenters. The summed E-state index contributed by atoms with van der Waals surface area (Å²) in [6.07, 6.45) is 3.39. The van der Waals surface area contributed by atoms with E-state index in [1.54, 1.807) is 18.5 Å². The molecule has 5 heteroatoms. The normalized spacial score (nSPS) is 12.5. The molecule has 4 nitrogen and oxygen atoms in total. The second-order valence-corrected chi connectivity index (χ2v) is 4.71. The van der Waals surface area contributed by atoms with Crippen molar-refractivity contribution < 1.29 is 4.42 Å². The lowest BCUT2D eigenvalue weighted by molar-refractivity contribution is 0.525. The molecule has 0 aliphatic carbocycles. The molecule has 0 radical (unpaired) electrons. The first-order valence-electron chi connectivity index (χ1n) is 5.95. The second kappa shape index (κ2) is 4.90. The van der Waals surface area contributed by atoms with Gasteiger partial charge in [0.05, 0.1) is 6.04 Å². The molecule has 1 unspecified atom stereocenters. The number of halogens is 1. The number of benzene rings is 1. The van der Waals surface area contributed by atoms with Crippen molar-refractivity contribution in [1.29, 1.82) is 0 Å². The van der Waals surface area contributed by atoms with Gasteiger partial charge in [0.15, 0.2) is 0 Å². The Kier molecular flexibility index (Phi) is 3.09. The van der Waals surface area contributed by atoms with Crippen LogP contribution in [0.5, 0.6) is 0 Å². The van der Waals surface area contributed by atoms with Crippen LogP contribution in [0.1, 0.15) is 18.7 Å². The van der Waals surface area contributed by atoms with E-state index in [0.717, 1.165) is 16.7 Å². The van der Waals surface area contributed by atoms with Crippen molar-refractivity contribution in [3.63, 3.8) is 0 Å². The molecule has 1 N–H and O–H groups in total. The van der Waals surface area contributed by atoms with Gasteiger partial charge in [0.25, 0.3) is 0 Å². The molecule has 0 spiro atoms. The van der Waals surface area contributed by atoms with E-state index in [1.807, 2.05) is 31.2 Å². The minimum absolute atomic E-state index is 0.0198. The van der Waals surface area contributed by atoms with Crippen LogP contribution in [0.3, 0.4) is 0 Å². The van der Waals surface area contributed by atoms with Crippen molar-refractivity contribution in [2.75, 3.05) is 5.32 Å². The van der Waals surface area contributed by atoms with Gasteiger partial charge in [-0.2, -0.15) is 0 Å². The van der Waals surface area contributed by atoms with Crippen LogP contribution in [0.25, 0.3) is 11.0 Å². The molecule has 2 aromatic heterocycles. The van der Waals surface area contributed by atoms with Crippen LogP contribution in [0.2, 0.25) is 5.02 Å². The van der Waals surface area contributed by atoms with E-state index in [4.69, 9.17) is 16.0 Å². The molecule has 96 valence electrons. The predicted octanol–water partition coefficient (Wildman–Crippen LogP) is 4.05. The Morgan fingerprint density at radius 3 is 2.79 bits per heavy atom. The Bertz CT molecular complexity index is 696. The Balaban J connectivity index is 1.87. The molecule has 3 rings (SSSR count). The number of aromatic nitrogens is 2. The average molecular weight is 274 g/mol. The summed E-state index contributed by atoms with van der Waals surface area (Å²) in [5.74, 6) is 1.40. The maximum atomic E-state index is 5.96. The third kappa shape index (κ3) is 2.53. The van der Waals surface area contributed by atoms with Gasteiger partial charge in [-0.25, -0.2) is 9.97 Å². The van der Waals surface area contributed by atoms with Gasteiger partial charge in [-0.3, -0.25) is 0 Å². The van der Waals surface area contributed by atoms with Gasteiger partial charge in [-0.05, 0) is 37.3 Å². The maximum Gasteiger partial charge on any atom is 0.223 e. The van der Waals surface area contributed by atoms with Crippen molar-refractivity contribution >= 4 is 28.5 Å². The molecule has 0 saturated heterocycles. The largest absolute Gasteiger partial charge is 0.459 e. The van der Waals surface area contributed by atoms with E-state index >= 15 is 0 Å². The summed E-state index contributed by atoms with van der Waals surface area (Å²) in [5.41, 5.74) is 0.821. The van der Waals surface area contributed by atoms with Crippen LogP contribution < -0.4 is 5.32 Å². The molecular weight excluding hydrogens is 262 g/mol. The topological polar surface area (TPSA) is 51.0 Å². The number of furan rings is 1. The van der Waals surface area contributed by atoms with Crippen LogP contribution in [0.15, 0.2) is 47.1 Å². The summed E-state index contributed by atoms with van der Waals surface area (Å²) in [4.78, 5) is 8.25. The van der Waals surface area contributed by atoms with E-state index in [1.165, 1.54) is 0 Å². The Morgan fingerprint density at radius 2 is 2.00 bits per heavy atom. The quantitative estimate of drug-likeness (QED) is 0.782. The number of nitrogens with zero attached hydrogens (tertiary/aromatic N) is 2. The molecule has 0 fully saturated rings. The van der Waals surface area contributed by atoms with E-state index in [9.17, 15) is 0 Å². The third-order valence-corrected chi connectivity index (χ3v) is 3.07. The Morgan fingerprint density at radius 1 is 1.21 bits per heavy atom. The average Bonchev–Trinajstić information content (AvgIpc) is 2.83. The molecule has 1 aromatic carbocycles. The minimum Gasteiger partial charge on any atom is -0.459 e. The van der Waals surface area contributed by atoms with E-state index in [0.29, 0.717) is 11.0 Å². The molecule has 0 aliphatic rings. The number of hydrogen-bond donors (Lipinski definition) is 1. The predicted molar refractivity (Wildman–Crippen MR) is 75.3 cm³/mol. The third-order valence-electron chi connectivity index (χ3n) is 2.84. The lowest BCUT2D eigenvalue weighted by atomic mass is 10.2. The number of hydrogen-bond acceptors (Lipinski definition) is 4. The summed E-state index contributed by atoms with van der Waals surface area (Å²) in [6.45, 7) is 2.00. The summed E-state index contributed by atoms with van der Waals surface area (Å²) < 4.78 is 5.78. The number of fused-ring (bicyclic) bond motifs is 1. The first-order valence-corrected chi connectivity index (χ1v) is 6.33. The summed E-state index contributed by atoms with van der Waals surface area (Å²) >= 11 is 5.96. The van der Waals surface area contributed by atoms with Crippen molar-refractivity contribution in [3.05, 3.63) is 53.5 Å². The minimum atomic E-state index is -0.0198. The molecule has 0 saturated carbocycles. The summed E-state index contributed by atoms with van der Waals surface area (Å²) in [6, 6.07) is 9.30. The standard InChI is InChI=1S/C14H12ClN3O/c1-9(18-14-16-5-2-6-17-14)13-8-10-7-11(15)3-4-12(10)19-13/h2-9H,1H3,(H,16,17,18). The van der Waals surface area contributed by atoms with Crippen LogP contribution in [-0.2, 0) is 0 Å². The summed E-state index contributed by atoms with van der Waals surface area (Å²) in [7, 11) is 0. The van der Waals surface area contributed by atoms with Crippen molar-refractivity contribution in [1.82, 2.24) is 9.97 Å². The fourth-order valence-corrected chi connectivity index (χ4v) is 2.07. The SMILES string of the molecule is CC(Nc1ncccn1)c1cc2cc(Cl)ccc2o1. The molecule has 0 aliphatic heterocycles. The fourth-order valence-electron chi connectivity index (χ4n) is 1.89. The highest BCUT2D eigenvalue weighted by Crippen LogP contribution is 2.27. The van der Waals surface area contributed by atoms with Crippen LogP contribution in [0, 0.1) is 0 Å². The molecule has 0 amide bonds. The van der Waals surface area contributed by atoms with Gasteiger partial charge >= 0.3 is 0 Å². The molecular formula is C14H12ClN3O. The first-order chi connectivity index (χ1) is 9.22. The van der Waals surface area contributed by atoms with Gasteiger partial charge in [0, 0.05) is 22.8 Å². The van der Waals surface area contributed by atoms with Gasteiger partial charge in [0.1, 0.15) is 11.3 Å². The first kappa shape index (κ1) is 12.0. The Labute approximate surface area is 115 Å². The van der Waals surface area contributed by atoms with Gasteiger partial charge in [0.2, 0.25) is 5.95 Å². The fraction of sp³-hybridized carbons (Fsp3) is 0.143. The monoisotopic (exact) mass is 273 g/mol. The Hall–Kier alpha value is -2.07. The maximum absolute atomic E-state index is 5.96. The number of anilines is 1. The molecule has 19 heavy (non-hydrogen) atoms. The van der Waals surface area contributed by atoms with Crippen LogP contribution >= 0.6 is 11.6 Å². The summed E-state index contributed by atoms with van der Waals surface area (Å²) in [5, 5.41) is 4.88. The highest BCUT2D eigenvalue weighted by molar-refractivity contribution is 6.31. The van der Waals surface area contributed by atoms with E-state index in [2.05, 4.69) is 15.3 Å². The highest BCUT2D eigenvalue weighted by Gasteiger charge is 2.12. The molecule has 0 bridgehead atoms.